The predicted molar refractivity (Wildman–Crippen MR) is 99.6 cm³/mol. The van der Waals surface area contributed by atoms with Gasteiger partial charge < -0.3 is 15.2 Å². The second-order valence-electron chi connectivity index (χ2n) is 6.32. The van der Waals surface area contributed by atoms with Crippen LogP contribution in [0.15, 0.2) is 54.7 Å². The maximum absolute atomic E-state index is 13.0. The molecular formula is C20H19FN4O. The number of anilines is 2. The van der Waals surface area contributed by atoms with Gasteiger partial charge in [0.25, 0.3) is 0 Å². The summed E-state index contributed by atoms with van der Waals surface area (Å²) in [6.45, 7) is 0.989. The molecule has 1 aliphatic rings. The fraction of sp³-hybridized carbons (Fsp3) is 0.200. The number of para-hydroxylation sites is 1. The van der Waals surface area contributed by atoms with E-state index >= 15 is 0 Å². The molecule has 4 rings (SSSR count). The Bertz CT molecular complexity index is 910. The molecule has 0 fully saturated rings. The van der Waals surface area contributed by atoms with Gasteiger partial charge in [-0.15, -0.1) is 0 Å². The normalized spacial score (nSPS) is 13.1. The number of amides is 2. The molecule has 1 aromatic heterocycles. The zero-order chi connectivity index (χ0) is 17.9. The molecule has 0 saturated heterocycles. The Kier molecular flexibility index (Phi) is 4.39. The van der Waals surface area contributed by atoms with E-state index in [4.69, 9.17) is 4.98 Å². The molecule has 2 N–H and O–H groups in total. The fourth-order valence-electron chi connectivity index (χ4n) is 3.18. The number of hydrogen-bond acceptors (Lipinski definition) is 2. The number of halogens is 1. The Labute approximate surface area is 150 Å². The van der Waals surface area contributed by atoms with Crippen LogP contribution in [0.5, 0.6) is 0 Å². The maximum atomic E-state index is 13.0. The molecule has 0 saturated carbocycles. The topological polar surface area (TPSA) is 59.0 Å². The van der Waals surface area contributed by atoms with Gasteiger partial charge in [-0.2, -0.15) is 0 Å². The van der Waals surface area contributed by atoms with Crippen molar-refractivity contribution in [2.24, 2.45) is 0 Å². The van der Waals surface area contributed by atoms with Gasteiger partial charge >= 0.3 is 6.03 Å². The summed E-state index contributed by atoms with van der Waals surface area (Å²) in [4.78, 5) is 17.0. The van der Waals surface area contributed by atoms with E-state index in [2.05, 4.69) is 15.2 Å². The maximum Gasteiger partial charge on any atom is 0.323 e. The number of urea groups is 1. The Morgan fingerprint density at radius 1 is 1.04 bits per heavy atom. The highest BCUT2D eigenvalue weighted by molar-refractivity contribution is 6.02. The van der Waals surface area contributed by atoms with E-state index in [9.17, 15) is 9.18 Å². The number of aryl methyl sites for hydroxylation is 2. The Morgan fingerprint density at radius 2 is 1.85 bits per heavy atom. The predicted octanol–water partition coefficient (Wildman–Crippen LogP) is 4.67. The van der Waals surface area contributed by atoms with Gasteiger partial charge in [-0.25, -0.2) is 14.2 Å². The molecule has 2 aromatic carbocycles. The molecule has 132 valence electrons. The Balaban J connectivity index is 1.55. The number of imidazole rings is 1. The van der Waals surface area contributed by atoms with Crippen molar-refractivity contribution >= 4 is 17.4 Å². The summed E-state index contributed by atoms with van der Waals surface area (Å²) in [5.74, 6) is 0.752. The highest BCUT2D eigenvalue weighted by Gasteiger charge is 2.16. The van der Waals surface area contributed by atoms with E-state index < -0.39 is 0 Å². The summed E-state index contributed by atoms with van der Waals surface area (Å²) in [6.07, 6.45) is 5.37. The molecule has 0 bridgehead atoms. The van der Waals surface area contributed by atoms with E-state index in [1.54, 1.807) is 0 Å². The van der Waals surface area contributed by atoms with Gasteiger partial charge in [-0.1, -0.05) is 18.2 Å². The molecule has 2 heterocycles. The zero-order valence-corrected chi connectivity index (χ0v) is 14.2. The molecule has 1 aliphatic heterocycles. The minimum Gasteiger partial charge on any atom is -0.334 e. The SMILES string of the molecule is O=C(Nc1ccc(F)cc1)Nc1ccccc1-c1cn2c(n1)CCCC2. The summed E-state index contributed by atoms with van der Waals surface area (Å²) in [6, 6.07) is 12.9. The Hall–Kier alpha value is -3.15. The van der Waals surface area contributed by atoms with Crippen LogP contribution < -0.4 is 10.6 Å². The number of fused-ring (bicyclic) bond motifs is 1. The quantitative estimate of drug-likeness (QED) is 0.721. The third-order valence-electron chi connectivity index (χ3n) is 4.46. The molecule has 5 nitrogen and oxygen atoms in total. The summed E-state index contributed by atoms with van der Waals surface area (Å²) >= 11 is 0. The molecule has 2 amide bonds. The molecule has 0 unspecified atom stereocenters. The highest BCUT2D eigenvalue weighted by Crippen LogP contribution is 2.29. The summed E-state index contributed by atoms with van der Waals surface area (Å²) in [7, 11) is 0. The molecule has 6 heteroatoms. The van der Waals surface area contributed by atoms with Crippen LogP contribution in [0.4, 0.5) is 20.6 Å². The molecular weight excluding hydrogens is 331 g/mol. The van der Waals surface area contributed by atoms with E-state index in [0.29, 0.717) is 11.4 Å². The van der Waals surface area contributed by atoms with Crippen LogP contribution in [0.25, 0.3) is 11.3 Å². The minimum absolute atomic E-state index is 0.343. The molecule has 0 radical (unpaired) electrons. The van der Waals surface area contributed by atoms with Crippen molar-refractivity contribution in [2.75, 3.05) is 10.6 Å². The van der Waals surface area contributed by atoms with Crippen molar-refractivity contribution in [3.8, 4) is 11.3 Å². The van der Waals surface area contributed by atoms with Crippen molar-refractivity contribution < 1.29 is 9.18 Å². The second kappa shape index (κ2) is 7.00. The van der Waals surface area contributed by atoms with Crippen LogP contribution in [-0.4, -0.2) is 15.6 Å². The van der Waals surface area contributed by atoms with Crippen LogP contribution in [0.2, 0.25) is 0 Å². The van der Waals surface area contributed by atoms with Crippen molar-refractivity contribution in [3.63, 3.8) is 0 Å². The third-order valence-corrected chi connectivity index (χ3v) is 4.46. The van der Waals surface area contributed by atoms with Gasteiger partial charge in [0.1, 0.15) is 11.6 Å². The lowest BCUT2D eigenvalue weighted by Gasteiger charge is -2.11. The molecule has 0 spiro atoms. The monoisotopic (exact) mass is 350 g/mol. The van der Waals surface area contributed by atoms with E-state index in [-0.39, 0.29) is 11.8 Å². The molecule has 26 heavy (non-hydrogen) atoms. The number of benzene rings is 2. The molecule has 3 aromatic rings. The standard InChI is InChI=1S/C20H19FN4O/c21-14-8-10-15(11-9-14)22-20(26)24-17-6-2-1-5-16(17)18-13-25-12-4-3-7-19(25)23-18/h1-2,5-6,8-11,13H,3-4,7,12H2,(H2,22,24,26). The van der Waals surface area contributed by atoms with Crippen LogP contribution in [-0.2, 0) is 13.0 Å². The number of rotatable bonds is 3. The van der Waals surface area contributed by atoms with E-state index in [1.807, 2.05) is 30.5 Å². The lowest BCUT2D eigenvalue weighted by atomic mass is 10.1. The number of carbonyl (C=O) groups is 1. The first-order chi connectivity index (χ1) is 12.7. The van der Waals surface area contributed by atoms with Crippen molar-refractivity contribution in [2.45, 2.75) is 25.8 Å². The van der Waals surface area contributed by atoms with Crippen molar-refractivity contribution in [1.82, 2.24) is 9.55 Å². The first-order valence-electron chi connectivity index (χ1n) is 8.68. The smallest absolute Gasteiger partial charge is 0.323 e. The second-order valence-corrected chi connectivity index (χ2v) is 6.32. The molecule has 0 atom stereocenters. The van der Waals surface area contributed by atoms with Crippen LogP contribution in [0.3, 0.4) is 0 Å². The average Bonchev–Trinajstić information content (AvgIpc) is 3.08. The Morgan fingerprint density at radius 3 is 2.65 bits per heavy atom. The minimum atomic E-state index is -0.381. The summed E-state index contributed by atoms with van der Waals surface area (Å²) in [5.41, 5.74) is 2.95. The van der Waals surface area contributed by atoms with E-state index in [0.717, 1.165) is 36.5 Å². The number of hydrogen-bond donors (Lipinski definition) is 2. The van der Waals surface area contributed by atoms with E-state index in [1.165, 1.54) is 30.7 Å². The van der Waals surface area contributed by atoms with Gasteiger partial charge in [-0.3, -0.25) is 0 Å². The van der Waals surface area contributed by atoms with Gasteiger partial charge in [0.2, 0.25) is 0 Å². The zero-order valence-electron chi connectivity index (χ0n) is 14.2. The van der Waals surface area contributed by atoms with Crippen LogP contribution in [0, 0.1) is 5.82 Å². The molecule has 0 aliphatic carbocycles. The van der Waals surface area contributed by atoms with Crippen LogP contribution >= 0.6 is 0 Å². The number of nitrogens with one attached hydrogen (secondary N) is 2. The number of aromatic nitrogens is 2. The number of nitrogens with zero attached hydrogens (tertiary/aromatic N) is 2. The van der Waals surface area contributed by atoms with Crippen LogP contribution in [0.1, 0.15) is 18.7 Å². The van der Waals surface area contributed by atoms with Gasteiger partial charge in [0.05, 0.1) is 11.4 Å². The first kappa shape index (κ1) is 16.3. The lowest BCUT2D eigenvalue weighted by molar-refractivity contribution is 0.262. The lowest BCUT2D eigenvalue weighted by Crippen LogP contribution is -2.19. The number of carbonyl (C=O) groups excluding carboxylic acids is 1. The van der Waals surface area contributed by atoms with Gasteiger partial charge in [-0.05, 0) is 43.2 Å². The highest BCUT2D eigenvalue weighted by atomic mass is 19.1. The largest absolute Gasteiger partial charge is 0.334 e. The third kappa shape index (κ3) is 3.44. The average molecular weight is 350 g/mol. The fourth-order valence-corrected chi connectivity index (χ4v) is 3.18. The van der Waals surface area contributed by atoms with Gasteiger partial charge in [0, 0.05) is 30.4 Å². The van der Waals surface area contributed by atoms with Gasteiger partial charge in [0.15, 0.2) is 0 Å². The van der Waals surface area contributed by atoms with Crippen molar-refractivity contribution in [1.29, 1.82) is 0 Å². The first-order valence-corrected chi connectivity index (χ1v) is 8.68. The summed E-state index contributed by atoms with van der Waals surface area (Å²) in [5, 5.41) is 5.56. The summed E-state index contributed by atoms with van der Waals surface area (Å²) < 4.78 is 15.2. The van der Waals surface area contributed by atoms with Crippen molar-refractivity contribution in [3.05, 3.63) is 66.4 Å².